The summed E-state index contributed by atoms with van der Waals surface area (Å²) in [6.45, 7) is 2.05. The second-order valence-electron chi connectivity index (χ2n) is 2.71. The van der Waals surface area contributed by atoms with Crippen molar-refractivity contribution in [2.45, 2.75) is 12.5 Å². The topological polar surface area (TPSA) is 55.6 Å². The molecular weight excluding hydrogens is 144 g/mol. The normalized spacial score (nSPS) is 24.7. The largest absolute Gasteiger partial charge is 0.383 e. The first-order chi connectivity index (χ1) is 5.25. The molecule has 0 aromatic carbocycles. The third kappa shape index (κ3) is 1.91. The summed E-state index contributed by atoms with van der Waals surface area (Å²) < 4.78 is 4.85. The summed E-state index contributed by atoms with van der Waals surface area (Å²) >= 11 is 0. The minimum atomic E-state index is -0.271. The van der Waals surface area contributed by atoms with Crippen LogP contribution in [0.15, 0.2) is 0 Å². The predicted molar refractivity (Wildman–Crippen MR) is 41.0 cm³/mol. The number of hydrogen-bond donors (Lipinski definition) is 1. The molecule has 1 heterocycles. The van der Waals surface area contributed by atoms with E-state index in [-0.39, 0.29) is 11.9 Å². The Balaban J connectivity index is 2.30. The van der Waals surface area contributed by atoms with Gasteiger partial charge in [0.05, 0.1) is 12.6 Å². The molecule has 0 aliphatic carbocycles. The minimum absolute atomic E-state index is 0.0575. The van der Waals surface area contributed by atoms with E-state index in [1.807, 2.05) is 0 Å². The lowest BCUT2D eigenvalue weighted by atomic mass is 10.3. The molecule has 1 aliphatic heterocycles. The molecule has 11 heavy (non-hydrogen) atoms. The van der Waals surface area contributed by atoms with Gasteiger partial charge in [-0.2, -0.15) is 0 Å². The standard InChI is InChI=1S/C7H14N2O2/c1-11-5-4-9-3-2-6(8)7(9)10/h6H,2-5,8H2,1H3. The van der Waals surface area contributed by atoms with Gasteiger partial charge in [0.15, 0.2) is 0 Å². The third-order valence-electron chi connectivity index (χ3n) is 1.90. The molecule has 64 valence electrons. The number of nitrogens with two attached hydrogens (primary N) is 1. The van der Waals surface area contributed by atoms with Crippen molar-refractivity contribution in [1.82, 2.24) is 4.90 Å². The highest BCUT2D eigenvalue weighted by atomic mass is 16.5. The van der Waals surface area contributed by atoms with Crippen LogP contribution in [0.1, 0.15) is 6.42 Å². The highest BCUT2D eigenvalue weighted by molar-refractivity contribution is 5.83. The van der Waals surface area contributed by atoms with E-state index in [0.717, 1.165) is 13.0 Å². The fourth-order valence-electron chi connectivity index (χ4n) is 1.19. The number of likely N-dealkylation sites (tertiary alicyclic amines) is 1. The molecule has 2 N–H and O–H groups in total. The second-order valence-corrected chi connectivity index (χ2v) is 2.71. The summed E-state index contributed by atoms with van der Waals surface area (Å²) in [5, 5.41) is 0. The van der Waals surface area contributed by atoms with Gasteiger partial charge < -0.3 is 15.4 Å². The number of nitrogens with zero attached hydrogens (tertiary/aromatic N) is 1. The molecule has 0 bridgehead atoms. The van der Waals surface area contributed by atoms with Crippen molar-refractivity contribution in [3.63, 3.8) is 0 Å². The van der Waals surface area contributed by atoms with Crippen LogP contribution in [-0.4, -0.2) is 43.7 Å². The first-order valence-electron chi connectivity index (χ1n) is 3.79. The van der Waals surface area contributed by atoms with Crippen LogP contribution < -0.4 is 5.73 Å². The lowest BCUT2D eigenvalue weighted by Crippen LogP contribution is -2.35. The van der Waals surface area contributed by atoms with Crippen molar-refractivity contribution in [3.8, 4) is 0 Å². The van der Waals surface area contributed by atoms with Gasteiger partial charge in [-0.25, -0.2) is 0 Å². The van der Waals surface area contributed by atoms with E-state index in [9.17, 15) is 4.79 Å². The number of carbonyl (C=O) groups excluding carboxylic acids is 1. The van der Waals surface area contributed by atoms with Crippen molar-refractivity contribution >= 4 is 5.91 Å². The van der Waals surface area contributed by atoms with E-state index in [1.54, 1.807) is 12.0 Å². The molecule has 1 atom stereocenters. The summed E-state index contributed by atoms with van der Waals surface area (Å²) in [6, 6.07) is -0.271. The van der Waals surface area contributed by atoms with Gasteiger partial charge in [-0.15, -0.1) is 0 Å². The van der Waals surface area contributed by atoms with Gasteiger partial charge in [0.25, 0.3) is 0 Å². The van der Waals surface area contributed by atoms with Crippen LogP contribution in [-0.2, 0) is 9.53 Å². The number of ether oxygens (including phenoxy) is 1. The third-order valence-corrected chi connectivity index (χ3v) is 1.90. The van der Waals surface area contributed by atoms with Crippen molar-refractivity contribution in [2.24, 2.45) is 5.73 Å². The lowest BCUT2D eigenvalue weighted by Gasteiger charge is -2.14. The van der Waals surface area contributed by atoms with Gasteiger partial charge in [0, 0.05) is 20.2 Å². The van der Waals surface area contributed by atoms with E-state index in [4.69, 9.17) is 10.5 Å². The second kappa shape index (κ2) is 3.69. The zero-order valence-electron chi connectivity index (χ0n) is 6.75. The van der Waals surface area contributed by atoms with Gasteiger partial charge in [-0.05, 0) is 6.42 Å². The SMILES string of the molecule is COCCN1CCC(N)C1=O. The van der Waals surface area contributed by atoms with Gasteiger partial charge >= 0.3 is 0 Å². The maximum atomic E-state index is 11.2. The zero-order valence-corrected chi connectivity index (χ0v) is 6.75. The number of hydrogen-bond acceptors (Lipinski definition) is 3. The Morgan fingerprint density at radius 1 is 1.82 bits per heavy atom. The van der Waals surface area contributed by atoms with Crippen LogP contribution in [0.2, 0.25) is 0 Å². The molecule has 0 spiro atoms. The molecule has 1 aliphatic rings. The van der Waals surface area contributed by atoms with Crippen LogP contribution in [0, 0.1) is 0 Å². The van der Waals surface area contributed by atoms with Crippen molar-refractivity contribution in [1.29, 1.82) is 0 Å². The van der Waals surface area contributed by atoms with Crippen molar-refractivity contribution < 1.29 is 9.53 Å². The molecule has 1 unspecified atom stereocenters. The van der Waals surface area contributed by atoms with E-state index < -0.39 is 0 Å². The number of amides is 1. The Morgan fingerprint density at radius 3 is 3.00 bits per heavy atom. The van der Waals surface area contributed by atoms with Gasteiger partial charge in [0.1, 0.15) is 0 Å². The Bertz CT molecular complexity index is 149. The number of rotatable bonds is 3. The molecule has 0 aromatic rings. The maximum absolute atomic E-state index is 11.2. The van der Waals surface area contributed by atoms with Crippen LogP contribution in [0.3, 0.4) is 0 Å². The van der Waals surface area contributed by atoms with Crippen LogP contribution in [0.5, 0.6) is 0 Å². The summed E-state index contributed by atoms with van der Waals surface area (Å²) in [5.41, 5.74) is 5.51. The molecule has 4 heteroatoms. The van der Waals surface area contributed by atoms with Gasteiger partial charge in [-0.3, -0.25) is 4.79 Å². The highest BCUT2D eigenvalue weighted by Crippen LogP contribution is 2.07. The first-order valence-corrected chi connectivity index (χ1v) is 3.79. The molecule has 1 saturated heterocycles. The number of carbonyl (C=O) groups is 1. The number of methoxy groups -OCH3 is 1. The molecule has 0 aromatic heterocycles. The lowest BCUT2D eigenvalue weighted by molar-refractivity contribution is -0.129. The van der Waals surface area contributed by atoms with Crippen LogP contribution in [0.25, 0.3) is 0 Å². The fraction of sp³-hybridized carbons (Fsp3) is 0.857. The zero-order chi connectivity index (χ0) is 8.27. The smallest absolute Gasteiger partial charge is 0.239 e. The predicted octanol–water partition coefficient (Wildman–Crippen LogP) is -0.808. The van der Waals surface area contributed by atoms with Gasteiger partial charge in [-0.1, -0.05) is 0 Å². The Kier molecular flexibility index (Phi) is 2.84. The monoisotopic (exact) mass is 158 g/mol. The van der Waals surface area contributed by atoms with Crippen molar-refractivity contribution in [2.75, 3.05) is 26.8 Å². The molecule has 1 rings (SSSR count). The molecular formula is C7H14N2O2. The van der Waals surface area contributed by atoms with Gasteiger partial charge in [0.2, 0.25) is 5.91 Å². The van der Waals surface area contributed by atoms with E-state index in [1.165, 1.54) is 0 Å². The molecule has 0 saturated carbocycles. The van der Waals surface area contributed by atoms with Crippen LogP contribution in [0.4, 0.5) is 0 Å². The molecule has 0 radical (unpaired) electrons. The quantitative estimate of drug-likeness (QED) is 0.584. The maximum Gasteiger partial charge on any atom is 0.239 e. The van der Waals surface area contributed by atoms with E-state index in [2.05, 4.69) is 0 Å². The summed E-state index contributed by atoms with van der Waals surface area (Å²) in [6.07, 6.45) is 0.780. The summed E-state index contributed by atoms with van der Waals surface area (Å²) in [5.74, 6) is 0.0575. The van der Waals surface area contributed by atoms with Crippen LogP contribution >= 0.6 is 0 Å². The minimum Gasteiger partial charge on any atom is -0.383 e. The fourth-order valence-corrected chi connectivity index (χ4v) is 1.19. The summed E-state index contributed by atoms with van der Waals surface area (Å²) in [7, 11) is 1.63. The Labute approximate surface area is 66.3 Å². The molecule has 4 nitrogen and oxygen atoms in total. The molecule has 1 fully saturated rings. The Hall–Kier alpha value is -0.610. The average Bonchev–Trinajstić information content (AvgIpc) is 2.31. The van der Waals surface area contributed by atoms with E-state index in [0.29, 0.717) is 13.2 Å². The van der Waals surface area contributed by atoms with E-state index >= 15 is 0 Å². The summed E-state index contributed by atoms with van der Waals surface area (Å²) in [4.78, 5) is 12.9. The van der Waals surface area contributed by atoms with Crippen molar-refractivity contribution in [3.05, 3.63) is 0 Å². The average molecular weight is 158 g/mol. The first kappa shape index (κ1) is 8.49. The molecule has 1 amide bonds. The Morgan fingerprint density at radius 2 is 2.55 bits per heavy atom. The highest BCUT2D eigenvalue weighted by Gasteiger charge is 2.27.